The Hall–Kier alpha value is -2.03. The predicted octanol–water partition coefficient (Wildman–Crippen LogP) is 4.62. The van der Waals surface area contributed by atoms with Gasteiger partial charge in [0.25, 0.3) is 0 Å². The molecule has 106 valence electrons. The van der Waals surface area contributed by atoms with Crippen LogP contribution in [0.1, 0.15) is 25.3 Å². The lowest BCUT2D eigenvalue weighted by molar-refractivity contribution is 0.306. The zero-order chi connectivity index (χ0) is 14.2. The van der Waals surface area contributed by atoms with Gasteiger partial charge in [-0.2, -0.15) is 0 Å². The topological polar surface area (TPSA) is 21.3 Å². The number of hydrogen-bond donors (Lipinski definition) is 1. The summed E-state index contributed by atoms with van der Waals surface area (Å²) in [6.07, 6.45) is 2.18. The van der Waals surface area contributed by atoms with Crippen molar-refractivity contribution < 1.29 is 9.13 Å². The molecule has 20 heavy (non-hydrogen) atoms. The molecule has 1 N–H and O–H groups in total. The first-order chi connectivity index (χ1) is 9.79. The molecule has 0 saturated carbocycles. The van der Waals surface area contributed by atoms with E-state index < -0.39 is 0 Å². The Labute approximate surface area is 119 Å². The highest BCUT2D eigenvalue weighted by molar-refractivity contribution is 5.45. The fraction of sp³-hybridized carbons (Fsp3) is 0.294. The number of unbranched alkanes of at least 4 members (excludes halogenated alkanes) is 1. The molecular formula is C17H20FNO. The summed E-state index contributed by atoms with van der Waals surface area (Å²) in [5, 5.41) is 3.27. The van der Waals surface area contributed by atoms with Gasteiger partial charge in [0.05, 0.1) is 6.61 Å². The van der Waals surface area contributed by atoms with E-state index in [-0.39, 0.29) is 5.82 Å². The van der Waals surface area contributed by atoms with Gasteiger partial charge in [0.1, 0.15) is 11.6 Å². The van der Waals surface area contributed by atoms with E-state index in [2.05, 4.69) is 12.2 Å². The minimum absolute atomic E-state index is 0.223. The Morgan fingerprint density at radius 1 is 1.05 bits per heavy atom. The van der Waals surface area contributed by atoms with Crippen LogP contribution in [0.15, 0.2) is 48.5 Å². The van der Waals surface area contributed by atoms with Crippen molar-refractivity contribution in [1.29, 1.82) is 0 Å². The van der Waals surface area contributed by atoms with E-state index in [1.54, 1.807) is 12.1 Å². The first kappa shape index (κ1) is 14.4. The van der Waals surface area contributed by atoms with Crippen LogP contribution in [0.2, 0.25) is 0 Å². The van der Waals surface area contributed by atoms with Crippen molar-refractivity contribution in [3.05, 3.63) is 59.9 Å². The summed E-state index contributed by atoms with van der Waals surface area (Å²) in [6.45, 7) is 3.54. The smallest absolute Gasteiger partial charge is 0.124 e. The number of para-hydroxylation sites is 1. The molecule has 2 aromatic carbocycles. The highest BCUT2D eigenvalue weighted by atomic mass is 19.1. The van der Waals surface area contributed by atoms with Gasteiger partial charge < -0.3 is 10.1 Å². The van der Waals surface area contributed by atoms with Gasteiger partial charge in [-0.25, -0.2) is 4.39 Å². The van der Waals surface area contributed by atoms with Gasteiger partial charge in [-0.3, -0.25) is 0 Å². The van der Waals surface area contributed by atoms with Gasteiger partial charge in [0.2, 0.25) is 0 Å². The van der Waals surface area contributed by atoms with Gasteiger partial charge in [-0.05, 0) is 36.8 Å². The standard InChI is InChI=1S/C17H20FNO/c1-2-3-12-20-17-7-5-4-6-14(17)13-19-16-10-8-15(18)9-11-16/h4-11,19H,2-3,12-13H2,1H3. The maximum absolute atomic E-state index is 12.8. The summed E-state index contributed by atoms with van der Waals surface area (Å²) in [4.78, 5) is 0. The molecule has 0 heterocycles. The van der Waals surface area contributed by atoms with E-state index in [4.69, 9.17) is 4.74 Å². The number of rotatable bonds is 7. The second kappa shape index (κ2) is 7.53. The Balaban J connectivity index is 1.96. The molecule has 0 aliphatic heterocycles. The summed E-state index contributed by atoms with van der Waals surface area (Å²) >= 11 is 0. The van der Waals surface area contributed by atoms with E-state index in [0.717, 1.165) is 36.4 Å². The zero-order valence-electron chi connectivity index (χ0n) is 11.7. The van der Waals surface area contributed by atoms with Crippen molar-refractivity contribution in [1.82, 2.24) is 0 Å². The summed E-state index contributed by atoms with van der Waals surface area (Å²) in [5.41, 5.74) is 2.00. The summed E-state index contributed by atoms with van der Waals surface area (Å²) in [7, 11) is 0. The van der Waals surface area contributed by atoms with Crippen LogP contribution in [0.3, 0.4) is 0 Å². The number of ether oxygens (including phenoxy) is 1. The highest BCUT2D eigenvalue weighted by Crippen LogP contribution is 2.20. The normalized spacial score (nSPS) is 10.3. The molecule has 2 nitrogen and oxygen atoms in total. The van der Waals surface area contributed by atoms with Crippen molar-refractivity contribution in [2.45, 2.75) is 26.3 Å². The second-order valence-electron chi connectivity index (χ2n) is 4.67. The van der Waals surface area contributed by atoms with Crippen LogP contribution in [0.4, 0.5) is 10.1 Å². The monoisotopic (exact) mass is 273 g/mol. The van der Waals surface area contributed by atoms with Gasteiger partial charge >= 0.3 is 0 Å². The molecule has 0 fully saturated rings. The minimum Gasteiger partial charge on any atom is -0.493 e. The zero-order valence-corrected chi connectivity index (χ0v) is 11.7. The second-order valence-corrected chi connectivity index (χ2v) is 4.67. The average molecular weight is 273 g/mol. The number of anilines is 1. The average Bonchev–Trinajstić information content (AvgIpc) is 2.48. The molecule has 0 unspecified atom stereocenters. The highest BCUT2D eigenvalue weighted by Gasteiger charge is 2.02. The quantitative estimate of drug-likeness (QED) is 0.743. The Morgan fingerprint density at radius 2 is 1.80 bits per heavy atom. The molecule has 2 rings (SSSR count). The lowest BCUT2D eigenvalue weighted by Gasteiger charge is -2.12. The van der Waals surface area contributed by atoms with Crippen molar-refractivity contribution in [2.75, 3.05) is 11.9 Å². The molecule has 0 spiro atoms. The molecule has 0 saturated heterocycles. The lowest BCUT2D eigenvalue weighted by Crippen LogP contribution is -2.04. The first-order valence-corrected chi connectivity index (χ1v) is 6.99. The number of hydrogen-bond acceptors (Lipinski definition) is 2. The summed E-state index contributed by atoms with van der Waals surface area (Å²) in [5.74, 6) is 0.689. The van der Waals surface area contributed by atoms with Gasteiger partial charge in [0.15, 0.2) is 0 Å². The summed E-state index contributed by atoms with van der Waals surface area (Å²) < 4.78 is 18.6. The van der Waals surface area contributed by atoms with Gasteiger partial charge in [0, 0.05) is 17.8 Å². The van der Waals surface area contributed by atoms with E-state index in [9.17, 15) is 4.39 Å². The van der Waals surface area contributed by atoms with Crippen LogP contribution < -0.4 is 10.1 Å². The van der Waals surface area contributed by atoms with E-state index >= 15 is 0 Å². The van der Waals surface area contributed by atoms with Crippen LogP contribution in [0.25, 0.3) is 0 Å². The van der Waals surface area contributed by atoms with E-state index in [1.807, 2.05) is 24.3 Å². The summed E-state index contributed by atoms with van der Waals surface area (Å²) in [6, 6.07) is 14.4. The third-order valence-corrected chi connectivity index (χ3v) is 3.06. The van der Waals surface area contributed by atoms with E-state index in [0.29, 0.717) is 6.54 Å². The molecule has 0 aromatic heterocycles. The molecule has 3 heteroatoms. The Kier molecular flexibility index (Phi) is 5.42. The van der Waals surface area contributed by atoms with Crippen molar-refractivity contribution in [3.63, 3.8) is 0 Å². The third-order valence-electron chi connectivity index (χ3n) is 3.06. The van der Waals surface area contributed by atoms with Crippen molar-refractivity contribution in [2.24, 2.45) is 0 Å². The third kappa shape index (κ3) is 4.26. The first-order valence-electron chi connectivity index (χ1n) is 6.99. The molecule has 0 aliphatic carbocycles. The Bertz CT molecular complexity index is 525. The van der Waals surface area contributed by atoms with Gasteiger partial charge in [-0.15, -0.1) is 0 Å². The van der Waals surface area contributed by atoms with Crippen molar-refractivity contribution in [3.8, 4) is 5.75 Å². The maximum Gasteiger partial charge on any atom is 0.124 e. The fourth-order valence-electron chi connectivity index (χ4n) is 1.88. The molecular weight excluding hydrogens is 253 g/mol. The maximum atomic E-state index is 12.8. The van der Waals surface area contributed by atoms with E-state index in [1.165, 1.54) is 12.1 Å². The van der Waals surface area contributed by atoms with Gasteiger partial charge in [-0.1, -0.05) is 31.5 Å². The number of halogens is 1. The number of benzene rings is 2. The van der Waals surface area contributed by atoms with Crippen LogP contribution in [0, 0.1) is 5.82 Å². The largest absolute Gasteiger partial charge is 0.493 e. The molecule has 2 aromatic rings. The van der Waals surface area contributed by atoms with Crippen LogP contribution in [0.5, 0.6) is 5.75 Å². The number of nitrogens with one attached hydrogen (secondary N) is 1. The minimum atomic E-state index is -0.223. The molecule has 0 atom stereocenters. The molecule has 0 bridgehead atoms. The fourth-order valence-corrected chi connectivity index (χ4v) is 1.88. The predicted molar refractivity (Wildman–Crippen MR) is 80.6 cm³/mol. The molecule has 0 radical (unpaired) electrons. The van der Waals surface area contributed by atoms with Crippen molar-refractivity contribution >= 4 is 5.69 Å². The molecule has 0 aliphatic rings. The van der Waals surface area contributed by atoms with Crippen LogP contribution >= 0.6 is 0 Å². The Morgan fingerprint density at radius 3 is 2.55 bits per heavy atom. The van der Waals surface area contributed by atoms with Crippen LogP contribution in [-0.2, 0) is 6.54 Å². The molecule has 0 amide bonds. The van der Waals surface area contributed by atoms with Crippen LogP contribution in [-0.4, -0.2) is 6.61 Å². The lowest BCUT2D eigenvalue weighted by atomic mass is 10.2. The SMILES string of the molecule is CCCCOc1ccccc1CNc1ccc(F)cc1.